The highest BCUT2D eigenvalue weighted by Crippen LogP contribution is 2.29. The van der Waals surface area contributed by atoms with E-state index >= 15 is 0 Å². The average Bonchev–Trinajstić information content (AvgIpc) is 3.35. The molecule has 11 heteroatoms. The molecular weight excluding hydrogens is 524 g/mol. The topological polar surface area (TPSA) is 105 Å². The molecule has 0 bridgehead atoms. The summed E-state index contributed by atoms with van der Waals surface area (Å²) in [6, 6.07) is 21.6. The number of carbonyl (C=O) groups is 1. The number of hydrogen-bond donors (Lipinski definition) is 1. The number of carbonyl (C=O) groups excluding carboxylic acids is 1. The Labute approximate surface area is 225 Å². The third-order valence-corrected chi connectivity index (χ3v) is 8.47. The molecule has 0 spiro atoms. The Balaban J connectivity index is 1.17. The first-order chi connectivity index (χ1) is 18.4. The van der Waals surface area contributed by atoms with Crippen LogP contribution in [0.2, 0.25) is 0 Å². The highest BCUT2D eigenvalue weighted by Gasteiger charge is 2.23. The maximum Gasteiger partial charge on any atom is 0.262 e. The van der Waals surface area contributed by atoms with E-state index in [4.69, 9.17) is 9.15 Å². The molecule has 0 aliphatic carbocycles. The lowest BCUT2D eigenvalue weighted by atomic mass is 10.2. The maximum absolute atomic E-state index is 13.0. The summed E-state index contributed by atoms with van der Waals surface area (Å²) in [6.45, 7) is 3.90. The van der Waals surface area contributed by atoms with Crippen LogP contribution >= 0.6 is 11.8 Å². The van der Waals surface area contributed by atoms with Gasteiger partial charge in [-0.3, -0.25) is 14.4 Å². The molecule has 0 unspecified atom stereocenters. The number of ether oxygens (including phenoxy) is 1. The lowest BCUT2D eigenvalue weighted by Crippen LogP contribution is -2.48. The molecule has 198 valence electrons. The van der Waals surface area contributed by atoms with E-state index in [0.29, 0.717) is 40.8 Å². The Morgan fingerprint density at radius 1 is 1.03 bits per heavy atom. The molecule has 3 aromatic carbocycles. The minimum Gasteiger partial charge on any atom is -0.495 e. The van der Waals surface area contributed by atoms with Gasteiger partial charge in [-0.25, -0.2) is 13.4 Å². The molecular formula is C27H28N4O5S2. The van der Waals surface area contributed by atoms with Gasteiger partial charge in [0.1, 0.15) is 11.3 Å². The number of oxazole rings is 1. The molecule has 1 aliphatic heterocycles. The second-order valence-electron chi connectivity index (χ2n) is 8.85. The van der Waals surface area contributed by atoms with Gasteiger partial charge in [0.15, 0.2) is 5.58 Å². The molecule has 0 saturated carbocycles. The van der Waals surface area contributed by atoms with Crippen molar-refractivity contribution >= 4 is 44.5 Å². The molecule has 1 fully saturated rings. The Morgan fingerprint density at radius 3 is 2.53 bits per heavy atom. The van der Waals surface area contributed by atoms with Gasteiger partial charge in [0, 0.05) is 32.7 Å². The Kier molecular flexibility index (Phi) is 7.87. The van der Waals surface area contributed by atoms with E-state index in [-0.39, 0.29) is 16.6 Å². The number of benzene rings is 3. The number of nitrogens with one attached hydrogen (secondary N) is 1. The molecule has 5 rings (SSSR count). The van der Waals surface area contributed by atoms with Crippen LogP contribution in [0.4, 0.5) is 5.69 Å². The van der Waals surface area contributed by atoms with Crippen LogP contribution in [0.1, 0.15) is 5.56 Å². The van der Waals surface area contributed by atoms with Gasteiger partial charge in [-0.15, -0.1) is 0 Å². The lowest BCUT2D eigenvalue weighted by Gasteiger charge is -2.34. The average molecular weight is 553 g/mol. The molecule has 9 nitrogen and oxygen atoms in total. The number of aromatic nitrogens is 1. The number of amides is 1. The summed E-state index contributed by atoms with van der Waals surface area (Å²) in [6.07, 6.45) is 0. The number of hydrogen-bond acceptors (Lipinski definition) is 8. The van der Waals surface area contributed by atoms with E-state index in [1.54, 1.807) is 30.3 Å². The van der Waals surface area contributed by atoms with Crippen LogP contribution in [0.3, 0.4) is 0 Å². The van der Waals surface area contributed by atoms with Gasteiger partial charge < -0.3 is 14.1 Å². The molecule has 0 radical (unpaired) electrons. The van der Waals surface area contributed by atoms with Gasteiger partial charge in [0.2, 0.25) is 5.91 Å². The van der Waals surface area contributed by atoms with Gasteiger partial charge in [-0.1, -0.05) is 54.2 Å². The fourth-order valence-corrected chi connectivity index (χ4v) is 6.09. The standard InChI is InChI=1S/C27H28N4O5S2/c1-35-24-10-6-5-9-22(24)29-38(33,34)21-11-12-25-23(17-21)28-27(36-25)37-19-26(32)31-15-13-30(14-16-31)18-20-7-3-2-4-8-20/h2-12,17,29H,13-16,18-19H2,1H3. The normalized spacial score (nSPS) is 14.5. The molecule has 38 heavy (non-hydrogen) atoms. The van der Waals surface area contributed by atoms with Crippen LogP contribution in [-0.4, -0.2) is 68.2 Å². The van der Waals surface area contributed by atoms with E-state index < -0.39 is 10.0 Å². The second kappa shape index (κ2) is 11.5. The molecule has 2 heterocycles. The fraction of sp³-hybridized carbons (Fsp3) is 0.259. The zero-order valence-electron chi connectivity index (χ0n) is 20.9. The van der Waals surface area contributed by atoms with Crippen LogP contribution in [-0.2, 0) is 21.4 Å². The fourth-order valence-electron chi connectivity index (χ4n) is 4.26. The molecule has 1 aromatic heterocycles. The number of anilines is 1. The quantitative estimate of drug-likeness (QED) is 0.310. The first-order valence-corrected chi connectivity index (χ1v) is 14.6. The molecule has 1 amide bonds. The number of fused-ring (bicyclic) bond motifs is 1. The van der Waals surface area contributed by atoms with Crippen LogP contribution in [0.5, 0.6) is 5.75 Å². The van der Waals surface area contributed by atoms with Crippen molar-refractivity contribution in [2.24, 2.45) is 0 Å². The number of piperazine rings is 1. The van der Waals surface area contributed by atoms with Crippen molar-refractivity contribution in [3.8, 4) is 5.75 Å². The van der Waals surface area contributed by atoms with Gasteiger partial charge in [0.25, 0.3) is 15.2 Å². The number of thioether (sulfide) groups is 1. The van der Waals surface area contributed by atoms with E-state index in [9.17, 15) is 13.2 Å². The summed E-state index contributed by atoms with van der Waals surface area (Å²) in [5.74, 6) is 0.645. The van der Waals surface area contributed by atoms with Gasteiger partial charge in [0.05, 0.1) is 23.4 Å². The minimum absolute atomic E-state index is 0.0286. The largest absolute Gasteiger partial charge is 0.495 e. The highest BCUT2D eigenvalue weighted by atomic mass is 32.2. The van der Waals surface area contributed by atoms with E-state index in [0.717, 1.165) is 19.6 Å². The van der Waals surface area contributed by atoms with Crippen molar-refractivity contribution in [2.45, 2.75) is 16.7 Å². The van der Waals surface area contributed by atoms with Crippen molar-refractivity contribution in [1.82, 2.24) is 14.8 Å². The zero-order valence-corrected chi connectivity index (χ0v) is 22.5. The number of methoxy groups -OCH3 is 1. The number of sulfonamides is 1. The third kappa shape index (κ3) is 6.12. The molecule has 1 N–H and O–H groups in total. The third-order valence-electron chi connectivity index (χ3n) is 6.29. The summed E-state index contributed by atoms with van der Waals surface area (Å²) in [7, 11) is -2.40. The molecule has 0 atom stereocenters. The van der Waals surface area contributed by atoms with Crippen LogP contribution in [0.25, 0.3) is 11.1 Å². The summed E-state index contributed by atoms with van der Waals surface area (Å²) < 4.78 is 39.4. The zero-order chi connectivity index (χ0) is 26.5. The van der Waals surface area contributed by atoms with Crippen molar-refractivity contribution in [3.63, 3.8) is 0 Å². The van der Waals surface area contributed by atoms with E-state index in [1.807, 2.05) is 23.1 Å². The summed E-state index contributed by atoms with van der Waals surface area (Å²) in [5.41, 5.74) is 2.46. The summed E-state index contributed by atoms with van der Waals surface area (Å²) in [5, 5.41) is 0.322. The van der Waals surface area contributed by atoms with Crippen molar-refractivity contribution in [3.05, 3.63) is 78.4 Å². The first-order valence-electron chi connectivity index (χ1n) is 12.1. The number of para-hydroxylation sites is 2. The summed E-state index contributed by atoms with van der Waals surface area (Å²) >= 11 is 1.21. The van der Waals surface area contributed by atoms with E-state index in [2.05, 4.69) is 26.7 Å². The predicted molar refractivity (Wildman–Crippen MR) is 147 cm³/mol. The number of rotatable bonds is 9. The first kappa shape index (κ1) is 26.1. The van der Waals surface area contributed by atoms with Crippen LogP contribution < -0.4 is 9.46 Å². The SMILES string of the molecule is COc1ccccc1NS(=O)(=O)c1ccc2oc(SCC(=O)N3CCN(Cc4ccccc4)CC3)nc2c1. The van der Waals surface area contributed by atoms with Gasteiger partial charge >= 0.3 is 0 Å². The Bertz CT molecular complexity index is 1520. The van der Waals surface area contributed by atoms with Gasteiger partial charge in [-0.2, -0.15) is 0 Å². The highest BCUT2D eigenvalue weighted by molar-refractivity contribution is 7.99. The predicted octanol–water partition coefficient (Wildman–Crippen LogP) is 4.07. The minimum atomic E-state index is -3.88. The smallest absolute Gasteiger partial charge is 0.262 e. The van der Waals surface area contributed by atoms with Crippen molar-refractivity contribution < 1.29 is 22.4 Å². The monoisotopic (exact) mass is 552 g/mol. The second-order valence-corrected chi connectivity index (χ2v) is 11.5. The molecule has 4 aromatic rings. The Morgan fingerprint density at radius 2 is 1.76 bits per heavy atom. The number of nitrogens with zero attached hydrogens (tertiary/aromatic N) is 3. The van der Waals surface area contributed by atoms with Crippen molar-refractivity contribution in [2.75, 3.05) is 43.8 Å². The maximum atomic E-state index is 13.0. The Hall–Kier alpha value is -3.54. The van der Waals surface area contributed by atoms with Gasteiger partial charge in [-0.05, 0) is 35.9 Å². The van der Waals surface area contributed by atoms with Crippen molar-refractivity contribution in [1.29, 1.82) is 0 Å². The summed E-state index contributed by atoms with van der Waals surface area (Å²) in [4.78, 5) is 21.4. The lowest BCUT2D eigenvalue weighted by molar-refractivity contribution is -0.130. The van der Waals surface area contributed by atoms with Crippen LogP contribution in [0, 0.1) is 0 Å². The van der Waals surface area contributed by atoms with E-state index in [1.165, 1.54) is 36.6 Å². The molecule has 1 aliphatic rings. The molecule has 1 saturated heterocycles. The van der Waals surface area contributed by atoms with Crippen LogP contribution in [0.15, 0.2) is 87.3 Å².